The molecular weight excluding hydrogens is 190 g/mol. The van der Waals surface area contributed by atoms with Crippen molar-refractivity contribution in [2.75, 3.05) is 13.1 Å². The molecule has 1 aromatic heterocycles. The molecule has 0 spiro atoms. The summed E-state index contributed by atoms with van der Waals surface area (Å²) in [4.78, 5) is 17.1. The Labute approximate surface area is 89.9 Å². The Morgan fingerprint density at radius 3 is 2.80 bits per heavy atom. The SMILES string of the molecule is Cn1cncc1CN1CCC(C=O)CC1. The largest absolute Gasteiger partial charge is 0.337 e. The van der Waals surface area contributed by atoms with E-state index in [0.29, 0.717) is 0 Å². The van der Waals surface area contributed by atoms with Crippen LogP contribution in [-0.2, 0) is 18.4 Å². The van der Waals surface area contributed by atoms with Gasteiger partial charge in [-0.1, -0.05) is 0 Å². The lowest BCUT2D eigenvalue weighted by Gasteiger charge is -2.29. The molecule has 2 rings (SSSR count). The van der Waals surface area contributed by atoms with Crippen molar-refractivity contribution in [2.24, 2.45) is 13.0 Å². The van der Waals surface area contributed by atoms with Crippen LogP contribution in [0.15, 0.2) is 12.5 Å². The summed E-state index contributed by atoms with van der Waals surface area (Å²) in [7, 11) is 2.01. The second-order valence-corrected chi connectivity index (χ2v) is 4.25. The van der Waals surface area contributed by atoms with Gasteiger partial charge in [0, 0.05) is 25.7 Å². The average molecular weight is 207 g/mol. The molecule has 1 fully saturated rings. The maximum Gasteiger partial charge on any atom is 0.123 e. The number of carbonyl (C=O) groups is 1. The standard InChI is InChI=1S/C11H17N3O/c1-13-9-12-6-11(13)7-14-4-2-10(8-15)3-5-14/h6,8-10H,2-5,7H2,1H3. The van der Waals surface area contributed by atoms with Crippen molar-refractivity contribution in [1.29, 1.82) is 0 Å². The number of likely N-dealkylation sites (tertiary alicyclic amines) is 1. The van der Waals surface area contributed by atoms with Gasteiger partial charge in [0.25, 0.3) is 0 Å². The summed E-state index contributed by atoms with van der Waals surface area (Å²) in [6.07, 6.45) is 6.84. The molecule has 0 amide bonds. The normalized spacial score (nSPS) is 19.3. The Morgan fingerprint density at radius 2 is 2.27 bits per heavy atom. The summed E-state index contributed by atoms with van der Waals surface area (Å²) in [5.41, 5.74) is 1.24. The third kappa shape index (κ3) is 2.45. The number of hydrogen-bond donors (Lipinski definition) is 0. The van der Waals surface area contributed by atoms with Crippen LogP contribution < -0.4 is 0 Å². The minimum atomic E-state index is 0.285. The van der Waals surface area contributed by atoms with Crippen LogP contribution in [-0.4, -0.2) is 33.8 Å². The van der Waals surface area contributed by atoms with Crippen molar-refractivity contribution in [2.45, 2.75) is 19.4 Å². The van der Waals surface area contributed by atoms with Gasteiger partial charge in [-0.25, -0.2) is 4.98 Å². The smallest absolute Gasteiger partial charge is 0.123 e. The van der Waals surface area contributed by atoms with Gasteiger partial charge in [-0.2, -0.15) is 0 Å². The predicted molar refractivity (Wildman–Crippen MR) is 57.3 cm³/mol. The maximum absolute atomic E-state index is 10.6. The molecule has 4 heteroatoms. The van der Waals surface area contributed by atoms with E-state index in [4.69, 9.17) is 0 Å². The van der Waals surface area contributed by atoms with Gasteiger partial charge < -0.3 is 9.36 Å². The molecular formula is C11H17N3O. The lowest BCUT2D eigenvalue weighted by molar-refractivity contribution is -0.112. The van der Waals surface area contributed by atoms with Crippen molar-refractivity contribution in [1.82, 2.24) is 14.5 Å². The van der Waals surface area contributed by atoms with Gasteiger partial charge in [-0.15, -0.1) is 0 Å². The van der Waals surface area contributed by atoms with Gasteiger partial charge in [-0.3, -0.25) is 4.90 Å². The number of aromatic nitrogens is 2. The van der Waals surface area contributed by atoms with Gasteiger partial charge in [-0.05, 0) is 25.9 Å². The van der Waals surface area contributed by atoms with E-state index in [1.807, 2.05) is 24.1 Å². The van der Waals surface area contributed by atoms with E-state index in [1.54, 1.807) is 0 Å². The van der Waals surface area contributed by atoms with Gasteiger partial charge in [0.15, 0.2) is 0 Å². The van der Waals surface area contributed by atoms with Crippen LogP contribution in [0.5, 0.6) is 0 Å². The highest BCUT2D eigenvalue weighted by Crippen LogP contribution is 2.16. The van der Waals surface area contributed by atoms with Gasteiger partial charge in [0.05, 0.1) is 12.0 Å². The Morgan fingerprint density at radius 1 is 1.53 bits per heavy atom. The minimum absolute atomic E-state index is 0.285. The molecule has 0 aromatic carbocycles. The Balaban J connectivity index is 1.87. The number of carbonyl (C=O) groups excluding carboxylic acids is 1. The first-order valence-corrected chi connectivity index (χ1v) is 5.42. The van der Waals surface area contributed by atoms with Crippen LogP contribution in [0.1, 0.15) is 18.5 Å². The van der Waals surface area contributed by atoms with Crippen LogP contribution in [0, 0.1) is 5.92 Å². The van der Waals surface area contributed by atoms with Crippen molar-refractivity contribution in [3.63, 3.8) is 0 Å². The predicted octanol–water partition coefficient (Wildman–Crippen LogP) is 0.831. The molecule has 1 aliphatic rings. The third-order valence-electron chi connectivity index (χ3n) is 3.13. The summed E-state index contributed by atoms with van der Waals surface area (Å²) in [6.45, 7) is 2.99. The lowest BCUT2D eigenvalue weighted by Crippen LogP contribution is -2.34. The fourth-order valence-electron chi connectivity index (χ4n) is 2.01. The number of rotatable bonds is 3. The number of nitrogens with zero attached hydrogens (tertiary/aromatic N) is 3. The molecule has 1 aromatic rings. The van der Waals surface area contributed by atoms with Crippen LogP contribution in [0.2, 0.25) is 0 Å². The molecule has 0 N–H and O–H groups in total. The molecule has 0 unspecified atom stereocenters. The Hall–Kier alpha value is -1.16. The molecule has 82 valence electrons. The van der Waals surface area contributed by atoms with E-state index < -0.39 is 0 Å². The molecule has 0 saturated carbocycles. The topological polar surface area (TPSA) is 38.1 Å². The fraction of sp³-hybridized carbons (Fsp3) is 0.636. The van der Waals surface area contributed by atoms with Crippen molar-refractivity contribution < 1.29 is 4.79 Å². The molecule has 0 aliphatic carbocycles. The molecule has 15 heavy (non-hydrogen) atoms. The number of hydrogen-bond acceptors (Lipinski definition) is 3. The summed E-state index contributed by atoms with van der Waals surface area (Å²) in [6, 6.07) is 0. The van der Waals surface area contributed by atoms with Crippen molar-refractivity contribution >= 4 is 6.29 Å². The summed E-state index contributed by atoms with van der Waals surface area (Å²) < 4.78 is 2.05. The highest BCUT2D eigenvalue weighted by atomic mass is 16.1. The van der Waals surface area contributed by atoms with Crippen molar-refractivity contribution in [3.05, 3.63) is 18.2 Å². The molecule has 4 nitrogen and oxygen atoms in total. The molecule has 0 bridgehead atoms. The Kier molecular flexibility index (Phi) is 3.16. The second kappa shape index (κ2) is 4.57. The summed E-state index contributed by atoms with van der Waals surface area (Å²) in [5.74, 6) is 0.285. The minimum Gasteiger partial charge on any atom is -0.337 e. The van der Waals surface area contributed by atoms with E-state index in [-0.39, 0.29) is 5.92 Å². The van der Waals surface area contributed by atoms with Crippen LogP contribution >= 0.6 is 0 Å². The highest BCUT2D eigenvalue weighted by molar-refractivity contribution is 5.53. The quantitative estimate of drug-likeness (QED) is 0.689. The van der Waals surface area contributed by atoms with Gasteiger partial charge in [0.1, 0.15) is 6.29 Å². The van der Waals surface area contributed by atoms with Gasteiger partial charge in [0.2, 0.25) is 0 Å². The number of aryl methyl sites for hydroxylation is 1. The first-order valence-electron chi connectivity index (χ1n) is 5.42. The van der Waals surface area contributed by atoms with Crippen molar-refractivity contribution in [3.8, 4) is 0 Å². The molecule has 2 heterocycles. The first-order chi connectivity index (χ1) is 7.29. The van der Waals surface area contributed by atoms with Crippen LogP contribution in [0.3, 0.4) is 0 Å². The zero-order chi connectivity index (χ0) is 10.7. The number of imidazole rings is 1. The number of piperidine rings is 1. The fourth-order valence-corrected chi connectivity index (χ4v) is 2.01. The molecule has 1 saturated heterocycles. The number of aldehydes is 1. The maximum atomic E-state index is 10.6. The average Bonchev–Trinajstić information content (AvgIpc) is 2.66. The lowest BCUT2D eigenvalue weighted by atomic mass is 9.98. The first kappa shape index (κ1) is 10.4. The van der Waals surface area contributed by atoms with E-state index in [1.165, 1.54) is 5.69 Å². The van der Waals surface area contributed by atoms with E-state index in [2.05, 4.69) is 9.88 Å². The van der Waals surface area contributed by atoms with E-state index in [9.17, 15) is 4.79 Å². The zero-order valence-electron chi connectivity index (χ0n) is 9.09. The highest BCUT2D eigenvalue weighted by Gasteiger charge is 2.18. The van der Waals surface area contributed by atoms with Gasteiger partial charge >= 0.3 is 0 Å². The zero-order valence-corrected chi connectivity index (χ0v) is 9.09. The summed E-state index contributed by atoms with van der Waals surface area (Å²) in [5, 5.41) is 0. The molecule has 1 aliphatic heterocycles. The van der Waals surface area contributed by atoms with Crippen LogP contribution in [0.4, 0.5) is 0 Å². The van der Waals surface area contributed by atoms with E-state index >= 15 is 0 Å². The second-order valence-electron chi connectivity index (χ2n) is 4.25. The Bertz CT molecular complexity index is 326. The van der Waals surface area contributed by atoms with Crippen LogP contribution in [0.25, 0.3) is 0 Å². The monoisotopic (exact) mass is 207 g/mol. The molecule has 0 atom stereocenters. The molecule has 0 radical (unpaired) electrons. The third-order valence-corrected chi connectivity index (χ3v) is 3.13. The van der Waals surface area contributed by atoms with E-state index in [0.717, 1.165) is 38.8 Å². The summed E-state index contributed by atoms with van der Waals surface area (Å²) >= 11 is 0.